The van der Waals surface area contributed by atoms with E-state index in [0.717, 1.165) is 0 Å². The first-order valence-corrected chi connectivity index (χ1v) is 5.00. The van der Waals surface area contributed by atoms with E-state index in [2.05, 4.69) is 10.6 Å². The summed E-state index contributed by atoms with van der Waals surface area (Å²) in [4.78, 5) is 11.2. The van der Waals surface area contributed by atoms with Crippen molar-refractivity contribution in [2.45, 2.75) is 31.3 Å². The van der Waals surface area contributed by atoms with Crippen LogP contribution in [0.1, 0.15) is 19.3 Å². The molecule has 0 unspecified atom stereocenters. The van der Waals surface area contributed by atoms with Crippen LogP contribution in [-0.2, 0) is 4.79 Å². The average molecular weight is 202 g/mol. The van der Waals surface area contributed by atoms with Crippen molar-refractivity contribution in [1.29, 1.82) is 0 Å². The fraction of sp³-hybridized carbons (Fsp3) is 0.889. The number of rotatable bonds is 7. The Balaban J connectivity index is 2.01. The highest BCUT2D eigenvalue weighted by atomic mass is 16.3. The molecule has 5 heteroatoms. The lowest BCUT2D eigenvalue weighted by Crippen LogP contribution is -2.41. The lowest BCUT2D eigenvalue weighted by atomic mass is 10.3. The van der Waals surface area contributed by atoms with E-state index in [1.165, 1.54) is 12.8 Å². The molecule has 0 aromatic rings. The van der Waals surface area contributed by atoms with Crippen LogP contribution in [0.15, 0.2) is 0 Å². The van der Waals surface area contributed by atoms with Gasteiger partial charge in [-0.2, -0.15) is 0 Å². The molecule has 1 aliphatic rings. The molecule has 0 radical (unpaired) electrons. The number of carbonyl (C=O) groups is 1. The molecule has 82 valence electrons. The first-order chi connectivity index (χ1) is 6.76. The topological polar surface area (TPSA) is 81.6 Å². The summed E-state index contributed by atoms with van der Waals surface area (Å²) in [6.45, 7) is 0.219. The Morgan fingerprint density at radius 1 is 1.36 bits per heavy atom. The fourth-order valence-corrected chi connectivity index (χ4v) is 1.13. The van der Waals surface area contributed by atoms with E-state index in [-0.39, 0.29) is 19.1 Å². The number of aliphatic hydroxyl groups is 2. The van der Waals surface area contributed by atoms with Crippen molar-refractivity contribution in [2.75, 3.05) is 19.8 Å². The van der Waals surface area contributed by atoms with Crippen LogP contribution in [0.5, 0.6) is 0 Å². The van der Waals surface area contributed by atoms with Gasteiger partial charge in [0.05, 0.1) is 19.3 Å². The Labute approximate surface area is 83.5 Å². The molecule has 1 rings (SSSR count). The number of hydrogen-bond acceptors (Lipinski definition) is 4. The highest BCUT2D eigenvalue weighted by molar-refractivity contribution is 5.76. The van der Waals surface area contributed by atoms with Crippen LogP contribution in [0, 0.1) is 0 Å². The van der Waals surface area contributed by atoms with Gasteiger partial charge in [0.25, 0.3) is 0 Å². The first-order valence-electron chi connectivity index (χ1n) is 5.00. The Kier molecular flexibility index (Phi) is 4.86. The summed E-state index contributed by atoms with van der Waals surface area (Å²) < 4.78 is 0. The Morgan fingerprint density at radius 3 is 2.50 bits per heavy atom. The van der Waals surface area contributed by atoms with Crippen LogP contribution in [0.25, 0.3) is 0 Å². The van der Waals surface area contributed by atoms with Gasteiger partial charge in [-0.1, -0.05) is 0 Å². The molecular formula is C9H18N2O3. The SMILES string of the molecule is O=C(CCNC1CC1)NC(CO)CO. The Bertz CT molecular complexity index is 179. The third-order valence-electron chi connectivity index (χ3n) is 2.17. The summed E-state index contributed by atoms with van der Waals surface area (Å²) in [5, 5.41) is 23.2. The molecule has 0 atom stereocenters. The van der Waals surface area contributed by atoms with Crippen molar-refractivity contribution in [3.63, 3.8) is 0 Å². The van der Waals surface area contributed by atoms with Gasteiger partial charge in [-0.05, 0) is 12.8 Å². The van der Waals surface area contributed by atoms with Crippen LogP contribution >= 0.6 is 0 Å². The normalized spacial score (nSPS) is 15.9. The van der Waals surface area contributed by atoms with Crippen LogP contribution in [0.4, 0.5) is 0 Å². The van der Waals surface area contributed by atoms with E-state index in [4.69, 9.17) is 10.2 Å². The summed E-state index contributed by atoms with van der Waals surface area (Å²) in [6.07, 6.45) is 2.81. The molecule has 1 saturated carbocycles. The monoisotopic (exact) mass is 202 g/mol. The zero-order valence-electron chi connectivity index (χ0n) is 8.20. The maximum absolute atomic E-state index is 11.2. The average Bonchev–Trinajstić information content (AvgIpc) is 2.98. The van der Waals surface area contributed by atoms with Crippen molar-refractivity contribution in [2.24, 2.45) is 0 Å². The minimum Gasteiger partial charge on any atom is -0.394 e. The molecular weight excluding hydrogens is 184 g/mol. The van der Waals surface area contributed by atoms with Crippen LogP contribution in [0.2, 0.25) is 0 Å². The van der Waals surface area contributed by atoms with Crippen molar-refractivity contribution in [1.82, 2.24) is 10.6 Å². The van der Waals surface area contributed by atoms with E-state index < -0.39 is 6.04 Å². The fourth-order valence-electron chi connectivity index (χ4n) is 1.13. The smallest absolute Gasteiger partial charge is 0.221 e. The van der Waals surface area contributed by atoms with Gasteiger partial charge in [0.2, 0.25) is 5.91 Å². The van der Waals surface area contributed by atoms with Crippen LogP contribution in [-0.4, -0.2) is 48.0 Å². The van der Waals surface area contributed by atoms with Gasteiger partial charge in [-0.3, -0.25) is 4.79 Å². The quantitative estimate of drug-likeness (QED) is 0.409. The predicted molar refractivity (Wildman–Crippen MR) is 51.7 cm³/mol. The molecule has 1 fully saturated rings. The molecule has 5 nitrogen and oxygen atoms in total. The van der Waals surface area contributed by atoms with Gasteiger partial charge in [0, 0.05) is 19.0 Å². The number of hydrogen-bond donors (Lipinski definition) is 4. The molecule has 1 amide bonds. The molecule has 0 bridgehead atoms. The highest BCUT2D eigenvalue weighted by Crippen LogP contribution is 2.18. The number of carbonyl (C=O) groups excluding carboxylic acids is 1. The van der Waals surface area contributed by atoms with Gasteiger partial charge in [-0.15, -0.1) is 0 Å². The molecule has 0 heterocycles. The van der Waals surface area contributed by atoms with Crippen molar-refractivity contribution >= 4 is 5.91 Å². The molecule has 14 heavy (non-hydrogen) atoms. The molecule has 1 aliphatic carbocycles. The summed E-state index contributed by atoms with van der Waals surface area (Å²) in [6, 6.07) is 0.0812. The third kappa shape index (κ3) is 4.55. The second-order valence-electron chi connectivity index (χ2n) is 3.61. The molecule has 0 aromatic carbocycles. The lowest BCUT2D eigenvalue weighted by molar-refractivity contribution is -0.122. The van der Waals surface area contributed by atoms with Crippen molar-refractivity contribution < 1.29 is 15.0 Å². The number of nitrogens with one attached hydrogen (secondary N) is 2. The zero-order valence-corrected chi connectivity index (χ0v) is 8.20. The summed E-state index contributed by atoms with van der Waals surface area (Å²) in [7, 11) is 0. The largest absolute Gasteiger partial charge is 0.394 e. The molecule has 4 N–H and O–H groups in total. The van der Waals surface area contributed by atoms with Gasteiger partial charge < -0.3 is 20.8 Å². The molecule has 0 aromatic heterocycles. The maximum Gasteiger partial charge on any atom is 0.221 e. The van der Waals surface area contributed by atoms with Crippen LogP contribution < -0.4 is 10.6 Å². The summed E-state index contributed by atoms with van der Waals surface area (Å²) >= 11 is 0. The Morgan fingerprint density at radius 2 is 2.00 bits per heavy atom. The molecule has 0 saturated heterocycles. The predicted octanol–water partition coefficient (Wildman–Crippen LogP) is -1.40. The third-order valence-corrected chi connectivity index (χ3v) is 2.17. The standard InChI is InChI=1S/C9H18N2O3/c12-5-8(6-13)11-9(14)3-4-10-7-1-2-7/h7-8,10,12-13H,1-6H2,(H,11,14). The minimum absolute atomic E-state index is 0.133. The van der Waals surface area contributed by atoms with Gasteiger partial charge >= 0.3 is 0 Å². The van der Waals surface area contributed by atoms with Gasteiger partial charge in [-0.25, -0.2) is 0 Å². The number of amides is 1. The highest BCUT2D eigenvalue weighted by Gasteiger charge is 2.20. The lowest BCUT2D eigenvalue weighted by Gasteiger charge is -2.13. The van der Waals surface area contributed by atoms with Crippen LogP contribution in [0.3, 0.4) is 0 Å². The zero-order chi connectivity index (χ0) is 10.4. The van der Waals surface area contributed by atoms with Gasteiger partial charge in [0.1, 0.15) is 0 Å². The van der Waals surface area contributed by atoms with E-state index in [1.54, 1.807) is 0 Å². The summed E-state index contributed by atoms with van der Waals surface area (Å²) in [5.41, 5.74) is 0. The minimum atomic E-state index is -0.525. The first kappa shape index (κ1) is 11.4. The second kappa shape index (κ2) is 5.95. The van der Waals surface area contributed by atoms with E-state index in [0.29, 0.717) is 19.0 Å². The Hall–Kier alpha value is -0.650. The maximum atomic E-state index is 11.2. The van der Waals surface area contributed by atoms with Crippen molar-refractivity contribution in [3.05, 3.63) is 0 Å². The molecule has 0 spiro atoms. The van der Waals surface area contributed by atoms with E-state index >= 15 is 0 Å². The number of aliphatic hydroxyl groups excluding tert-OH is 2. The second-order valence-corrected chi connectivity index (χ2v) is 3.61. The van der Waals surface area contributed by atoms with Gasteiger partial charge in [0.15, 0.2) is 0 Å². The molecule has 0 aliphatic heterocycles. The van der Waals surface area contributed by atoms with E-state index in [1.807, 2.05) is 0 Å². The van der Waals surface area contributed by atoms with E-state index in [9.17, 15) is 4.79 Å². The summed E-state index contributed by atoms with van der Waals surface area (Å²) in [5.74, 6) is -0.133. The van der Waals surface area contributed by atoms with Crippen molar-refractivity contribution in [3.8, 4) is 0 Å².